The number of halogens is 3. The van der Waals surface area contributed by atoms with Crippen LogP contribution in [0, 0.1) is 0 Å². The van der Waals surface area contributed by atoms with E-state index in [2.05, 4.69) is 97.7 Å². The molecule has 1 fully saturated rings. The van der Waals surface area contributed by atoms with Crippen LogP contribution in [0.3, 0.4) is 0 Å². The van der Waals surface area contributed by atoms with Gasteiger partial charge in [0.05, 0.1) is 11.0 Å². The van der Waals surface area contributed by atoms with Crippen molar-refractivity contribution in [3.8, 4) is 39.9 Å². The molecule has 3 aromatic heterocycles. The molecular weight excluding hydrogens is 884 g/mol. The van der Waals surface area contributed by atoms with Gasteiger partial charge in [-0.15, -0.1) is 5.60 Å². The summed E-state index contributed by atoms with van der Waals surface area (Å²) in [6.45, 7) is 6.90. The summed E-state index contributed by atoms with van der Waals surface area (Å²) in [4.78, 5) is 25.0. The third-order valence-electron chi connectivity index (χ3n) is 9.55. The van der Waals surface area contributed by atoms with Crippen molar-refractivity contribution in [1.82, 2.24) is 34.5 Å². The van der Waals surface area contributed by atoms with Gasteiger partial charge in [0.1, 0.15) is 0 Å². The van der Waals surface area contributed by atoms with E-state index in [-0.39, 0.29) is 52.8 Å². The first-order chi connectivity index (χ1) is 30.5. The number of aromatic nitrogens is 7. The fourth-order valence-electron chi connectivity index (χ4n) is 6.93. The van der Waals surface area contributed by atoms with Crippen molar-refractivity contribution >= 4 is 56.6 Å². The zero-order valence-electron chi connectivity index (χ0n) is 36.1. The van der Waals surface area contributed by atoms with Gasteiger partial charge in [0.15, 0.2) is 11.6 Å². The van der Waals surface area contributed by atoms with Crippen molar-refractivity contribution in [1.29, 1.82) is 0 Å². The Bertz CT molecular complexity index is 2780. The minimum absolute atomic E-state index is 0. The van der Waals surface area contributed by atoms with E-state index in [1.54, 1.807) is 20.8 Å². The molecule has 9 aromatic rings. The Hall–Kier alpha value is -5.07. The average molecular weight is 933 g/mol. The van der Waals surface area contributed by atoms with Gasteiger partial charge in [-0.25, -0.2) is 0 Å². The molecule has 0 radical (unpaired) electrons. The van der Waals surface area contributed by atoms with E-state index in [1.165, 1.54) is 35.1 Å². The fraction of sp³-hybridized carbons (Fsp3) is 0.192. The molecule has 0 saturated carbocycles. The molecule has 1 aliphatic heterocycles. The first-order valence-corrected chi connectivity index (χ1v) is 21.7. The molecule has 0 bridgehead atoms. The third-order valence-corrected chi connectivity index (χ3v) is 10.1. The SMILES string of the molecule is C.C1CCOC1.CC(C)(C)[O-].Clc1nc(-c2ccccc2)nc(-n2c3ccccc3c3ccccc32)n1.Clc1nc(Cl)nc(-c2ccccc2)n1.[Na+].c1ccc2c(c1)Cc1ccccc1-2. The Balaban J connectivity index is 0.000000173. The maximum atomic E-state index is 10.1. The molecule has 0 spiro atoms. The van der Waals surface area contributed by atoms with Crippen LogP contribution in [0.4, 0.5) is 0 Å². The molecule has 1 saturated heterocycles. The molecule has 6 aromatic carbocycles. The van der Waals surface area contributed by atoms with E-state index >= 15 is 0 Å². The van der Waals surface area contributed by atoms with Gasteiger partial charge in [-0.1, -0.05) is 174 Å². The van der Waals surface area contributed by atoms with Crippen LogP contribution in [0.15, 0.2) is 158 Å². The Kier molecular flexibility index (Phi) is 19.2. The first-order valence-electron chi connectivity index (χ1n) is 20.5. The normalized spacial score (nSPS) is 11.9. The molecule has 0 unspecified atom stereocenters. The van der Waals surface area contributed by atoms with Crippen molar-refractivity contribution in [3.05, 3.63) is 185 Å². The summed E-state index contributed by atoms with van der Waals surface area (Å²) in [5.41, 5.74) is 8.84. The number of fused-ring (bicyclic) bond motifs is 6. The molecule has 0 N–H and O–H groups in total. The van der Waals surface area contributed by atoms with Crippen molar-refractivity contribution in [2.45, 2.75) is 53.1 Å². The number of hydrogen-bond donors (Lipinski definition) is 0. The van der Waals surface area contributed by atoms with Gasteiger partial charge in [-0.05, 0) is 88.5 Å². The minimum Gasteiger partial charge on any atom is -0.850 e. The Morgan fingerprint density at radius 1 is 0.492 bits per heavy atom. The second-order valence-corrected chi connectivity index (χ2v) is 16.5. The summed E-state index contributed by atoms with van der Waals surface area (Å²) in [6, 6.07) is 53.0. The summed E-state index contributed by atoms with van der Waals surface area (Å²) < 4.78 is 6.98. The molecule has 11 rings (SSSR count). The summed E-state index contributed by atoms with van der Waals surface area (Å²) in [5, 5.41) is 12.8. The maximum absolute atomic E-state index is 10.1. The minimum atomic E-state index is -0.750. The zero-order chi connectivity index (χ0) is 44.2. The Morgan fingerprint density at radius 3 is 1.29 bits per heavy atom. The molecule has 4 heterocycles. The monoisotopic (exact) mass is 931 g/mol. The summed E-state index contributed by atoms with van der Waals surface area (Å²) in [7, 11) is 0. The van der Waals surface area contributed by atoms with E-state index in [9.17, 15) is 5.11 Å². The van der Waals surface area contributed by atoms with Crippen molar-refractivity contribution < 1.29 is 39.4 Å². The van der Waals surface area contributed by atoms with Crippen LogP contribution in [0.2, 0.25) is 15.9 Å². The van der Waals surface area contributed by atoms with Crippen molar-refractivity contribution in [2.24, 2.45) is 0 Å². The maximum Gasteiger partial charge on any atom is 1.00 e. The van der Waals surface area contributed by atoms with E-state index in [4.69, 9.17) is 44.5 Å². The van der Waals surface area contributed by atoms with Crippen LogP contribution in [0.5, 0.6) is 0 Å². The predicted octanol–water partition coefficient (Wildman–Crippen LogP) is 9.97. The fourth-order valence-corrected chi connectivity index (χ4v) is 7.45. The van der Waals surface area contributed by atoms with E-state index in [0.717, 1.165) is 52.6 Å². The molecule has 1 aliphatic carbocycles. The number of benzene rings is 6. The van der Waals surface area contributed by atoms with Gasteiger partial charge in [0.25, 0.3) is 0 Å². The quantitative estimate of drug-likeness (QED) is 0.161. The second-order valence-electron chi connectivity index (χ2n) is 15.4. The summed E-state index contributed by atoms with van der Waals surface area (Å²) >= 11 is 17.6. The first kappa shape index (κ1) is 50.9. The molecule has 326 valence electrons. The molecule has 0 atom stereocenters. The van der Waals surface area contributed by atoms with Crippen LogP contribution in [-0.4, -0.2) is 53.3 Å². The van der Waals surface area contributed by atoms with Gasteiger partial charge in [0, 0.05) is 35.1 Å². The molecular formula is C52H49Cl3N7NaO2. The van der Waals surface area contributed by atoms with Crippen molar-refractivity contribution in [3.63, 3.8) is 0 Å². The molecule has 13 heteroatoms. The second kappa shape index (κ2) is 24.5. The standard InChI is InChI=1S/C21H13ClN4.C13H10.C9H5Cl2N3.C4H8O.C4H9O.CH4.Na/c22-20-23-19(14-8-2-1-3-9-14)24-21(25-20)26-17-12-6-4-10-15(17)16-11-5-7-13-18(16)26;1-3-7-12-10(5-1)9-11-6-2-4-8-13(11)12;10-8-12-7(13-9(11)14-8)6-4-2-1-3-5-6;1-2-4-5-3-1;1-4(2,3)5;;/h1-13H;1-8H,9H2;1-5H;1-4H2;1-3H3;1H4;/q;;;;-1;;+1. The molecule has 0 amide bonds. The largest absolute Gasteiger partial charge is 1.00 e. The van der Waals surface area contributed by atoms with Crippen LogP contribution < -0.4 is 34.7 Å². The third kappa shape index (κ3) is 14.2. The topological polar surface area (TPSA) is 115 Å². The van der Waals surface area contributed by atoms with Gasteiger partial charge < -0.3 is 9.84 Å². The number of para-hydroxylation sites is 2. The zero-order valence-corrected chi connectivity index (χ0v) is 40.4. The number of nitrogens with zero attached hydrogens (tertiary/aromatic N) is 7. The molecule has 9 nitrogen and oxygen atoms in total. The Labute approximate surface area is 418 Å². The van der Waals surface area contributed by atoms with Gasteiger partial charge in [0.2, 0.25) is 21.8 Å². The van der Waals surface area contributed by atoms with E-state index < -0.39 is 5.60 Å². The Morgan fingerprint density at radius 2 is 0.862 bits per heavy atom. The van der Waals surface area contributed by atoms with Gasteiger partial charge in [-0.3, -0.25) is 4.57 Å². The number of hydrogen-bond acceptors (Lipinski definition) is 8. The smallest absolute Gasteiger partial charge is 0.850 e. The number of rotatable bonds is 3. The van der Waals surface area contributed by atoms with Gasteiger partial charge in [-0.2, -0.15) is 29.9 Å². The van der Waals surface area contributed by atoms with E-state index in [1.807, 2.05) is 89.5 Å². The van der Waals surface area contributed by atoms with Crippen molar-refractivity contribution in [2.75, 3.05) is 13.2 Å². The number of ether oxygens (including phenoxy) is 1. The van der Waals surface area contributed by atoms with Crippen LogP contribution in [0.1, 0.15) is 52.2 Å². The molecule has 2 aliphatic rings. The van der Waals surface area contributed by atoms with E-state index in [0.29, 0.717) is 17.6 Å². The van der Waals surface area contributed by atoms with Crippen LogP contribution >= 0.6 is 34.8 Å². The molecule has 65 heavy (non-hydrogen) atoms. The van der Waals surface area contributed by atoms with Gasteiger partial charge >= 0.3 is 29.6 Å². The average Bonchev–Trinajstić information content (AvgIpc) is 4.06. The summed E-state index contributed by atoms with van der Waals surface area (Å²) in [6.07, 6.45) is 3.66. The van der Waals surface area contributed by atoms with Crippen LogP contribution in [0.25, 0.3) is 61.7 Å². The van der Waals surface area contributed by atoms with Crippen LogP contribution in [-0.2, 0) is 11.2 Å². The predicted molar refractivity (Wildman–Crippen MR) is 261 cm³/mol. The summed E-state index contributed by atoms with van der Waals surface area (Å²) in [5.74, 6) is 1.55.